The predicted octanol–water partition coefficient (Wildman–Crippen LogP) is 1.78. The average molecular weight is 199 g/mol. The molecule has 1 saturated heterocycles. The quantitative estimate of drug-likeness (QED) is 0.747. The Hall–Kier alpha value is -0.480. The number of hydrogen-bond acceptors (Lipinski definition) is 3. The van der Waals surface area contributed by atoms with E-state index in [0.717, 1.165) is 0 Å². The molecular weight excluding hydrogens is 190 g/mol. The first-order valence-electron chi connectivity index (χ1n) is 3.70. The molecule has 2 nitrogen and oxygen atoms in total. The lowest BCUT2D eigenvalue weighted by molar-refractivity contribution is -0.118. The number of nitrogens with one attached hydrogen (secondary N) is 1. The lowest BCUT2D eigenvalue weighted by Crippen LogP contribution is -2.33. The molecule has 1 fully saturated rings. The van der Waals surface area contributed by atoms with Crippen molar-refractivity contribution in [2.75, 3.05) is 5.75 Å². The van der Waals surface area contributed by atoms with E-state index < -0.39 is 0 Å². The van der Waals surface area contributed by atoms with Gasteiger partial charge >= 0.3 is 0 Å². The number of carbonyl (C=O) groups is 1. The van der Waals surface area contributed by atoms with Gasteiger partial charge in [-0.1, -0.05) is 6.07 Å². The van der Waals surface area contributed by atoms with Gasteiger partial charge in [-0.15, -0.1) is 23.1 Å². The molecule has 0 saturated carbocycles. The summed E-state index contributed by atoms with van der Waals surface area (Å²) in [6.45, 7) is 2.05. The zero-order valence-electron chi connectivity index (χ0n) is 6.66. The summed E-state index contributed by atoms with van der Waals surface area (Å²) in [6, 6.07) is 4.07. The molecule has 0 spiro atoms. The highest BCUT2D eigenvalue weighted by Gasteiger charge is 2.36. The van der Waals surface area contributed by atoms with Crippen molar-refractivity contribution in [1.82, 2.24) is 5.32 Å². The number of carbonyl (C=O) groups excluding carboxylic acids is 1. The van der Waals surface area contributed by atoms with Crippen LogP contribution in [0.4, 0.5) is 0 Å². The van der Waals surface area contributed by atoms with Crippen molar-refractivity contribution in [2.45, 2.75) is 11.8 Å². The van der Waals surface area contributed by atoms with Crippen molar-refractivity contribution in [3.8, 4) is 0 Å². The second kappa shape index (κ2) is 2.78. The Morgan fingerprint density at radius 1 is 1.67 bits per heavy atom. The summed E-state index contributed by atoms with van der Waals surface area (Å²) in [5.41, 5.74) is 0. The fourth-order valence-corrected chi connectivity index (χ4v) is 3.18. The molecule has 1 aromatic rings. The molecule has 2 rings (SSSR count). The summed E-state index contributed by atoms with van der Waals surface area (Å²) >= 11 is 3.35. The molecule has 1 atom stereocenters. The minimum Gasteiger partial charge on any atom is -0.336 e. The third-order valence-corrected chi connectivity index (χ3v) is 4.39. The summed E-state index contributed by atoms with van der Waals surface area (Å²) in [6.07, 6.45) is 0. The molecule has 4 heteroatoms. The summed E-state index contributed by atoms with van der Waals surface area (Å²) in [4.78, 5) is 12.1. The van der Waals surface area contributed by atoms with Gasteiger partial charge < -0.3 is 5.32 Å². The van der Waals surface area contributed by atoms with Crippen LogP contribution in [0, 0.1) is 0 Å². The SMILES string of the molecule is C[C@@]1(c2cccs2)NC(=O)CS1. The Labute approximate surface area is 79.4 Å². The Bertz CT molecular complexity index is 296. The molecule has 2 heterocycles. The zero-order chi connectivity index (χ0) is 8.60. The first-order valence-corrected chi connectivity index (χ1v) is 5.56. The first-order chi connectivity index (χ1) is 5.71. The largest absolute Gasteiger partial charge is 0.336 e. The molecule has 1 aliphatic heterocycles. The third kappa shape index (κ3) is 1.25. The van der Waals surface area contributed by atoms with Gasteiger partial charge in [0.25, 0.3) is 0 Å². The summed E-state index contributed by atoms with van der Waals surface area (Å²) in [5.74, 6) is 0.713. The van der Waals surface area contributed by atoms with Gasteiger partial charge in [0.1, 0.15) is 4.87 Å². The topological polar surface area (TPSA) is 29.1 Å². The molecular formula is C8H9NOS2. The third-order valence-electron chi connectivity index (χ3n) is 1.86. The molecule has 1 aromatic heterocycles. The van der Waals surface area contributed by atoms with Crippen molar-refractivity contribution < 1.29 is 4.79 Å². The molecule has 0 unspecified atom stereocenters. The maximum atomic E-state index is 11.0. The number of thioether (sulfide) groups is 1. The van der Waals surface area contributed by atoms with Crippen LogP contribution in [0.25, 0.3) is 0 Å². The van der Waals surface area contributed by atoms with Crippen LogP contribution in [0.2, 0.25) is 0 Å². The van der Waals surface area contributed by atoms with E-state index in [1.807, 2.05) is 11.4 Å². The van der Waals surface area contributed by atoms with E-state index >= 15 is 0 Å². The fraction of sp³-hybridized carbons (Fsp3) is 0.375. The van der Waals surface area contributed by atoms with Crippen molar-refractivity contribution in [1.29, 1.82) is 0 Å². The Morgan fingerprint density at radius 2 is 2.50 bits per heavy atom. The summed E-state index contributed by atoms with van der Waals surface area (Å²) in [5, 5.41) is 5.00. The minimum absolute atomic E-state index is 0.135. The van der Waals surface area contributed by atoms with Crippen molar-refractivity contribution in [3.63, 3.8) is 0 Å². The molecule has 1 aliphatic rings. The number of amides is 1. The monoisotopic (exact) mass is 199 g/mol. The van der Waals surface area contributed by atoms with E-state index in [9.17, 15) is 4.79 Å². The lowest BCUT2D eigenvalue weighted by Gasteiger charge is -2.20. The molecule has 0 aromatic carbocycles. The molecule has 64 valence electrons. The second-order valence-electron chi connectivity index (χ2n) is 2.85. The van der Waals surface area contributed by atoms with Crippen LogP contribution in [-0.4, -0.2) is 11.7 Å². The highest BCUT2D eigenvalue weighted by Crippen LogP contribution is 2.39. The molecule has 1 N–H and O–H groups in total. The molecule has 1 amide bonds. The number of hydrogen-bond donors (Lipinski definition) is 1. The lowest BCUT2D eigenvalue weighted by atomic mass is 10.2. The van der Waals surface area contributed by atoms with Crippen LogP contribution in [0.3, 0.4) is 0 Å². The average Bonchev–Trinajstić information content (AvgIpc) is 2.59. The van der Waals surface area contributed by atoms with E-state index in [1.54, 1.807) is 23.1 Å². The minimum atomic E-state index is -0.175. The van der Waals surface area contributed by atoms with Gasteiger partial charge in [0.05, 0.1) is 5.75 Å². The number of rotatable bonds is 1. The summed E-state index contributed by atoms with van der Waals surface area (Å²) < 4.78 is 0. The van der Waals surface area contributed by atoms with E-state index in [-0.39, 0.29) is 10.8 Å². The van der Waals surface area contributed by atoms with E-state index in [0.29, 0.717) is 5.75 Å². The van der Waals surface area contributed by atoms with Gasteiger partial charge in [-0.2, -0.15) is 0 Å². The maximum absolute atomic E-state index is 11.0. The summed E-state index contributed by atoms with van der Waals surface area (Å²) in [7, 11) is 0. The Balaban J connectivity index is 2.28. The highest BCUT2D eigenvalue weighted by atomic mass is 32.2. The van der Waals surface area contributed by atoms with Gasteiger partial charge in [0.15, 0.2) is 0 Å². The molecule has 0 radical (unpaired) electrons. The highest BCUT2D eigenvalue weighted by molar-refractivity contribution is 8.01. The van der Waals surface area contributed by atoms with E-state index in [2.05, 4.69) is 18.3 Å². The van der Waals surface area contributed by atoms with Crippen LogP contribution in [0.15, 0.2) is 17.5 Å². The van der Waals surface area contributed by atoms with Gasteiger partial charge in [0.2, 0.25) is 5.91 Å². The van der Waals surface area contributed by atoms with Gasteiger partial charge in [-0.05, 0) is 18.4 Å². The second-order valence-corrected chi connectivity index (χ2v) is 5.19. The van der Waals surface area contributed by atoms with Gasteiger partial charge in [0, 0.05) is 4.88 Å². The Morgan fingerprint density at radius 3 is 3.00 bits per heavy atom. The van der Waals surface area contributed by atoms with Crippen molar-refractivity contribution in [3.05, 3.63) is 22.4 Å². The molecule has 0 bridgehead atoms. The predicted molar refractivity (Wildman–Crippen MR) is 52.3 cm³/mol. The van der Waals surface area contributed by atoms with Gasteiger partial charge in [-0.3, -0.25) is 4.79 Å². The van der Waals surface area contributed by atoms with Gasteiger partial charge in [-0.25, -0.2) is 0 Å². The zero-order valence-corrected chi connectivity index (χ0v) is 8.30. The van der Waals surface area contributed by atoms with Crippen LogP contribution in [-0.2, 0) is 9.67 Å². The first kappa shape index (κ1) is 8.13. The van der Waals surface area contributed by atoms with Crippen molar-refractivity contribution >= 4 is 29.0 Å². The smallest absolute Gasteiger partial charge is 0.231 e. The maximum Gasteiger partial charge on any atom is 0.231 e. The van der Waals surface area contributed by atoms with Crippen LogP contribution in [0.1, 0.15) is 11.8 Å². The van der Waals surface area contributed by atoms with E-state index in [1.165, 1.54) is 4.88 Å². The number of thiophene rings is 1. The fourth-order valence-electron chi connectivity index (χ4n) is 1.23. The molecule has 12 heavy (non-hydrogen) atoms. The molecule has 0 aliphatic carbocycles. The van der Waals surface area contributed by atoms with Crippen LogP contribution in [0.5, 0.6) is 0 Å². The normalized spacial score (nSPS) is 28.9. The van der Waals surface area contributed by atoms with Crippen LogP contribution < -0.4 is 5.32 Å². The standard InChI is InChI=1S/C8H9NOS2/c1-8(6-3-2-4-11-6)9-7(10)5-12-8/h2-4H,5H2,1H3,(H,9,10)/t8-/m1/s1. The van der Waals surface area contributed by atoms with E-state index in [4.69, 9.17) is 0 Å². The van der Waals surface area contributed by atoms with Crippen molar-refractivity contribution in [2.24, 2.45) is 0 Å². The Kier molecular flexibility index (Phi) is 1.88. The van der Waals surface area contributed by atoms with Crippen LogP contribution >= 0.6 is 23.1 Å².